The van der Waals surface area contributed by atoms with Crippen molar-refractivity contribution in [2.75, 3.05) is 22.6 Å². The number of likely N-dealkylation sites (N-methyl/N-ethyl adjacent to an activating group) is 1. The van der Waals surface area contributed by atoms with Gasteiger partial charge in [-0.25, -0.2) is 9.37 Å². The lowest BCUT2D eigenvalue weighted by molar-refractivity contribution is -0.118. The molecule has 0 aromatic carbocycles. The molecule has 3 aromatic heterocycles. The van der Waals surface area contributed by atoms with Crippen LogP contribution < -0.4 is 15.5 Å². The Morgan fingerprint density at radius 1 is 1.24 bits per heavy atom. The number of hydrogen-bond acceptors (Lipinski definition) is 7. The van der Waals surface area contributed by atoms with Crippen molar-refractivity contribution in [3.63, 3.8) is 0 Å². The minimum absolute atomic E-state index is 0. The minimum atomic E-state index is -0.309. The number of fused-ring (bicyclic) bond motifs is 1. The molecule has 0 saturated heterocycles. The maximum atomic E-state index is 14.2. The van der Waals surface area contributed by atoms with E-state index in [4.69, 9.17) is 0 Å². The van der Waals surface area contributed by atoms with Gasteiger partial charge in [0.15, 0.2) is 5.82 Å². The minimum Gasteiger partial charge on any atom is -0.350 e. The zero-order valence-electron chi connectivity index (χ0n) is 18.8. The van der Waals surface area contributed by atoms with Gasteiger partial charge in [0.25, 0.3) is 0 Å². The largest absolute Gasteiger partial charge is 0.350 e. The molecule has 0 bridgehead atoms. The first-order valence-corrected chi connectivity index (χ1v) is 10.5. The molecule has 0 spiro atoms. The summed E-state index contributed by atoms with van der Waals surface area (Å²) in [4.78, 5) is 27.5. The summed E-state index contributed by atoms with van der Waals surface area (Å²) in [6.45, 7) is 8.29. The van der Waals surface area contributed by atoms with Crippen molar-refractivity contribution in [1.29, 1.82) is 0 Å². The van der Waals surface area contributed by atoms with Gasteiger partial charge in [-0.1, -0.05) is 21.3 Å². The van der Waals surface area contributed by atoms with Gasteiger partial charge in [0.1, 0.15) is 17.5 Å². The number of nitrogens with one attached hydrogen (secondary N) is 2. The first kappa shape index (κ1) is 24.1. The molecule has 33 heavy (non-hydrogen) atoms. The zero-order valence-corrected chi connectivity index (χ0v) is 18.8. The van der Waals surface area contributed by atoms with Gasteiger partial charge >= 0.3 is 0 Å². The predicted molar refractivity (Wildman–Crippen MR) is 127 cm³/mol. The van der Waals surface area contributed by atoms with E-state index in [9.17, 15) is 9.18 Å². The quantitative estimate of drug-likeness (QED) is 0.588. The lowest BCUT2D eigenvalue weighted by atomic mass is 9.99. The molecular formula is C23H31FN8O. The second kappa shape index (κ2) is 9.51. The number of amides is 1. The van der Waals surface area contributed by atoms with Crippen LogP contribution in [0.3, 0.4) is 0 Å². The number of nitrogens with zero attached hydrogens (tertiary/aromatic N) is 6. The predicted octanol–water partition coefficient (Wildman–Crippen LogP) is 3.53. The third kappa shape index (κ3) is 4.79. The lowest BCUT2D eigenvalue weighted by Crippen LogP contribution is -2.49. The zero-order chi connectivity index (χ0) is 23.0. The number of carbonyl (C=O) groups excluding carboxylic acids is 1. The van der Waals surface area contributed by atoms with Crippen LogP contribution in [0.2, 0.25) is 0 Å². The highest BCUT2D eigenvalue weighted by Crippen LogP contribution is 2.34. The molecule has 1 aliphatic heterocycles. The molecular weight excluding hydrogens is 423 g/mol. The van der Waals surface area contributed by atoms with Crippen LogP contribution in [0.25, 0.3) is 0 Å². The summed E-state index contributed by atoms with van der Waals surface area (Å²) in [5, 5.41) is 10.5. The number of pyridine rings is 1. The van der Waals surface area contributed by atoms with Gasteiger partial charge in [-0.15, -0.1) is 0 Å². The second-order valence-corrected chi connectivity index (χ2v) is 8.39. The van der Waals surface area contributed by atoms with Crippen molar-refractivity contribution in [1.82, 2.24) is 24.7 Å². The summed E-state index contributed by atoms with van der Waals surface area (Å²) in [5.41, 5.74) is 3.16. The number of anilines is 3. The average Bonchev–Trinajstić information content (AvgIpc) is 3.18. The van der Waals surface area contributed by atoms with E-state index >= 15 is 0 Å². The van der Waals surface area contributed by atoms with E-state index < -0.39 is 0 Å². The summed E-state index contributed by atoms with van der Waals surface area (Å²) >= 11 is 0. The Balaban J connectivity index is 0.00000306. The molecule has 0 saturated carbocycles. The van der Waals surface area contributed by atoms with Crippen LogP contribution in [0, 0.1) is 25.6 Å². The molecule has 3 aromatic rings. The maximum Gasteiger partial charge on any atom is 0.247 e. The fraction of sp³-hybridized carbons (Fsp3) is 0.435. The SMILES string of the molecule is C.Cc1nccc(Cn2cc(CNc3nc(C)c4c(n3)N(C)[C@@H](C(C)C)C(=O)N4)cn2)c1F. The molecule has 0 aliphatic carbocycles. The third-order valence-corrected chi connectivity index (χ3v) is 5.58. The molecule has 0 unspecified atom stereocenters. The van der Waals surface area contributed by atoms with Crippen molar-refractivity contribution in [3.05, 3.63) is 53.0 Å². The first-order valence-electron chi connectivity index (χ1n) is 10.5. The average molecular weight is 455 g/mol. The van der Waals surface area contributed by atoms with Gasteiger partial charge in [0.05, 0.1) is 24.1 Å². The van der Waals surface area contributed by atoms with Crippen molar-refractivity contribution >= 4 is 23.4 Å². The van der Waals surface area contributed by atoms with E-state index in [2.05, 4.69) is 30.7 Å². The van der Waals surface area contributed by atoms with E-state index in [0.29, 0.717) is 47.5 Å². The van der Waals surface area contributed by atoms with Crippen LogP contribution in [0.4, 0.5) is 21.8 Å². The van der Waals surface area contributed by atoms with Crippen molar-refractivity contribution in [3.8, 4) is 0 Å². The van der Waals surface area contributed by atoms with Crippen LogP contribution in [0.5, 0.6) is 0 Å². The molecule has 0 radical (unpaired) electrons. The second-order valence-electron chi connectivity index (χ2n) is 8.39. The highest BCUT2D eigenvalue weighted by molar-refractivity contribution is 6.03. The number of aryl methyl sites for hydroxylation is 2. The van der Waals surface area contributed by atoms with Crippen molar-refractivity contribution < 1.29 is 9.18 Å². The summed E-state index contributed by atoms with van der Waals surface area (Å²) < 4.78 is 15.9. The fourth-order valence-corrected chi connectivity index (χ4v) is 3.96. The molecule has 4 heterocycles. The van der Waals surface area contributed by atoms with E-state index in [1.807, 2.05) is 38.9 Å². The van der Waals surface area contributed by atoms with Gasteiger partial charge in [-0.3, -0.25) is 14.5 Å². The third-order valence-electron chi connectivity index (χ3n) is 5.58. The van der Waals surface area contributed by atoms with Gasteiger partial charge < -0.3 is 15.5 Å². The van der Waals surface area contributed by atoms with Gasteiger partial charge in [-0.2, -0.15) is 10.1 Å². The fourth-order valence-electron chi connectivity index (χ4n) is 3.96. The Labute approximate surface area is 193 Å². The Morgan fingerprint density at radius 3 is 2.73 bits per heavy atom. The molecule has 1 atom stereocenters. The van der Waals surface area contributed by atoms with Gasteiger partial charge in [0.2, 0.25) is 11.9 Å². The Bertz CT molecular complexity index is 1160. The van der Waals surface area contributed by atoms with Crippen LogP contribution in [0.1, 0.15) is 43.8 Å². The summed E-state index contributed by atoms with van der Waals surface area (Å²) in [6.07, 6.45) is 5.18. The van der Waals surface area contributed by atoms with E-state index in [1.165, 1.54) is 0 Å². The lowest BCUT2D eigenvalue weighted by Gasteiger charge is -2.36. The number of rotatable bonds is 6. The van der Waals surface area contributed by atoms with E-state index in [0.717, 1.165) is 5.56 Å². The molecule has 176 valence electrons. The summed E-state index contributed by atoms with van der Waals surface area (Å²) in [5.74, 6) is 0.944. The molecule has 9 nitrogen and oxygen atoms in total. The normalized spacial score (nSPS) is 15.2. The Morgan fingerprint density at radius 2 is 2.00 bits per heavy atom. The van der Waals surface area contributed by atoms with Gasteiger partial charge in [0, 0.05) is 37.1 Å². The number of halogens is 1. The highest BCUT2D eigenvalue weighted by atomic mass is 19.1. The maximum absolute atomic E-state index is 14.2. The number of aromatic nitrogens is 5. The summed E-state index contributed by atoms with van der Waals surface area (Å²) in [7, 11) is 1.88. The topological polar surface area (TPSA) is 101 Å². The molecule has 10 heteroatoms. The van der Waals surface area contributed by atoms with Crippen molar-refractivity contribution in [2.24, 2.45) is 5.92 Å². The van der Waals surface area contributed by atoms with E-state index in [-0.39, 0.29) is 31.1 Å². The van der Waals surface area contributed by atoms with Crippen molar-refractivity contribution in [2.45, 2.75) is 54.3 Å². The van der Waals surface area contributed by atoms with Crippen LogP contribution in [-0.2, 0) is 17.9 Å². The van der Waals surface area contributed by atoms with Gasteiger partial charge in [-0.05, 0) is 25.8 Å². The van der Waals surface area contributed by atoms with Crippen LogP contribution >= 0.6 is 0 Å². The molecule has 1 amide bonds. The Kier molecular flexibility index (Phi) is 6.95. The first-order chi connectivity index (χ1) is 15.2. The molecule has 0 fully saturated rings. The number of hydrogen-bond donors (Lipinski definition) is 2. The highest BCUT2D eigenvalue weighted by Gasteiger charge is 2.35. The van der Waals surface area contributed by atoms with Crippen LogP contribution in [0.15, 0.2) is 24.7 Å². The molecule has 1 aliphatic rings. The summed E-state index contributed by atoms with van der Waals surface area (Å²) in [6, 6.07) is 1.37. The molecule has 2 N–H and O–H groups in total. The monoisotopic (exact) mass is 454 g/mol. The molecule has 4 rings (SSSR count). The smallest absolute Gasteiger partial charge is 0.247 e. The standard InChI is InChI=1S/C22H27FN8O.CH4/c1-12(2)19-21(32)28-18-14(4)27-22(29-20(18)30(19)5)25-8-15-9-26-31(10-15)11-16-6-7-24-13(3)17(16)23;/h6-7,9-10,12,19H,8,11H2,1-5H3,(H,28,32)(H,25,27,29);1H4/t19-;/m0./s1. The van der Waals surface area contributed by atoms with E-state index in [1.54, 1.807) is 30.1 Å². The van der Waals surface area contributed by atoms with Crippen LogP contribution in [-0.4, -0.2) is 43.7 Å². The Hall–Kier alpha value is -3.56. The number of carbonyl (C=O) groups is 1.